The predicted molar refractivity (Wildman–Crippen MR) is 93.2 cm³/mol. The van der Waals surface area contributed by atoms with Gasteiger partial charge in [-0.2, -0.15) is 0 Å². The molecule has 0 N–H and O–H groups in total. The van der Waals surface area contributed by atoms with Crippen LogP contribution in [-0.2, 0) is 4.74 Å². The minimum atomic E-state index is -0.296. The Balaban J connectivity index is 2.09. The second-order valence-corrected chi connectivity index (χ2v) is 7.06. The molecule has 0 saturated heterocycles. The van der Waals surface area contributed by atoms with Crippen molar-refractivity contribution in [2.75, 3.05) is 7.11 Å². The van der Waals surface area contributed by atoms with Gasteiger partial charge in [-0.3, -0.25) is 0 Å². The van der Waals surface area contributed by atoms with Gasteiger partial charge in [0.2, 0.25) is 0 Å². The fourth-order valence-corrected chi connectivity index (χ4v) is 4.84. The van der Waals surface area contributed by atoms with E-state index in [1.54, 1.807) is 29.2 Å². The standard InChI is InChI=1S/C18H16O2S2/c1-11-8-9-12(2)17-16(11)15(10-21-17)22-14-7-5-4-6-13(14)18(19)20-3/h4-10H,1-3H3. The molecular weight excluding hydrogens is 312 g/mol. The van der Waals surface area contributed by atoms with Crippen molar-refractivity contribution in [1.29, 1.82) is 0 Å². The van der Waals surface area contributed by atoms with Crippen LogP contribution in [0.15, 0.2) is 51.6 Å². The number of benzene rings is 2. The molecule has 112 valence electrons. The zero-order valence-corrected chi connectivity index (χ0v) is 14.3. The summed E-state index contributed by atoms with van der Waals surface area (Å²) in [4.78, 5) is 14.0. The highest BCUT2D eigenvalue weighted by Gasteiger charge is 2.15. The maximum Gasteiger partial charge on any atom is 0.339 e. The fourth-order valence-electron chi connectivity index (χ4n) is 2.44. The predicted octanol–water partition coefficient (Wildman–Crippen LogP) is 5.46. The van der Waals surface area contributed by atoms with Gasteiger partial charge in [-0.15, -0.1) is 11.3 Å². The molecule has 0 bridgehead atoms. The Hall–Kier alpha value is -1.78. The van der Waals surface area contributed by atoms with Crippen LogP contribution in [0.3, 0.4) is 0 Å². The van der Waals surface area contributed by atoms with Crippen LogP contribution in [0.2, 0.25) is 0 Å². The molecule has 0 spiro atoms. The minimum absolute atomic E-state index is 0.296. The molecule has 3 rings (SSSR count). The summed E-state index contributed by atoms with van der Waals surface area (Å²) in [6, 6.07) is 11.9. The van der Waals surface area contributed by atoms with Gasteiger partial charge >= 0.3 is 5.97 Å². The minimum Gasteiger partial charge on any atom is -0.465 e. The molecule has 0 atom stereocenters. The summed E-state index contributed by atoms with van der Waals surface area (Å²) in [5.74, 6) is -0.296. The maximum atomic E-state index is 11.9. The molecule has 3 aromatic rings. The van der Waals surface area contributed by atoms with Crippen molar-refractivity contribution in [3.8, 4) is 0 Å². The van der Waals surface area contributed by atoms with Gasteiger partial charge in [0.15, 0.2) is 0 Å². The summed E-state index contributed by atoms with van der Waals surface area (Å²) in [5, 5.41) is 3.46. The number of thiophene rings is 1. The van der Waals surface area contributed by atoms with Crippen LogP contribution in [0.1, 0.15) is 21.5 Å². The lowest BCUT2D eigenvalue weighted by atomic mass is 10.1. The lowest BCUT2D eigenvalue weighted by Crippen LogP contribution is -2.02. The first-order chi connectivity index (χ1) is 10.6. The smallest absolute Gasteiger partial charge is 0.339 e. The zero-order valence-electron chi connectivity index (χ0n) is 12.7. The second-order valence-electron chi connectivity index (χ2n) is 5.09. The molecule has 1 aromatic heterocycles. The number of rotatable bonds is 3. The van der Waals surface area contributed by atoms with Gasteiger partial charge in [-0.05, 0) is 37.1 Å². The Kier molecular flexibility index (Phi) is 4.23. The number of fused-ring (bicyclic) bond motifs is 1. The molecule has 2 aromatic carbocycles. The van der Waals surface area contributed by atoms with Crippen molar-refractivity contribution in [1.82, 2.24) is 0 Å². The van der Waals surface area contributed by atoms with E-state index in [0.717, 1.165) is 4.90 Å². The molecule has 2 nitrogen and oxygen atoms in total. The van der Waals surface area contributed by atoms with E-state index in [2.05, 4.69) is 31.4 Å². The van der Waals surface area contributed by atoms with Crippen LogP contribution in [0, 0.1) is 13.8 Å². The van der Waals surface area contributed by atoms with Gasteiger partial charge in [0.05, 0.1) is 12.7 Å². The molecule has 0 fully saturated rings. The summed E-state index contributed by atoms with van der Waals surface area (Å²) >= 11 is 3.38. The average molecular weight is 328 g/mol. The van der Waals surface area contributed by atoms with E-state index in [9.17, 15) is 4.79 Å². The van der Waals surface area contributed by atoms with E-state index in [4.69, 9.17) is 4.74 Å². The molecule has 0 unspecified atom stereocenters. The van der Waals surface area contributed by atoms with E-state index in [1.165, 1.54) is 33.2 Å². The van der Waals surface area contributed by atoms with Crippen LogP contribution in [0.25, 0.3) is 10.1 Å². The number of esters is 1. The van der Waals surface area contributed by atoms with E-state index in [1.807, 2.05) is 18.2 Å². The molecule has 0 aliphatic carbocycles. The van der Waals surface area contributed by atoms with Gasteiger partial charge in [-0.25, -0.2) is 4.79 Å². The summed E-state index contributed by atoms with van der Waals surface area (Å²) in [7, 11) is 1.41. The second kappa shape index (κ2) is 6.15. The third-order valence-corrected chi connectivity index (χ3v) is 5.99. The molecule has 22 heavy (non-hydrogen) atoms. The first-order valence-corrected chi connectivity index (χ1v) is 8.64. The van der Waals surface area contributed by atoms with Crippen LogP contribution in [0.4, 0.5) is 0 Å². The van der Waals surface area contributed by atoms with Crippen LogP contribution < -0.4 is 0 Å². The molecule has 0 aliphatic heterocycles. The average Bonchev–Trinajstić information content (AvgIpc) is 2.96. The van der Waals surface area contributed by atoms with Gasteiger partial charge < -0.3 is 4.74 Å². The molecule has 4 heteroatoms. The Morgan fingerprint density at radius 2 is 1.77 bits per heavy atom. The van der Waals surface area contributed by atoms with Gasteiger partial charge in [-0.1, -0.05) is 36.0 Å². The summed E-state index contributed by atoms with van der Waals surface area (Å²) in [6.45, 7) is 4.26. The van der Waals surface area contributed by atoms with Crippen molar-refractivity contribution < 1.29 is 9.53 Å². The number of methoxy groups -OCH3 is 1. The zero-order chi connectivity index (χ0) is 15.7. The third-order valence-electron chi connectivity index (χ3n) is 3.61. The maximum absolute atomic E-state index is 11.9. The number of carbonyl (C=O) groups excluding carboxylic acids is 1. The number of aryl methyl sites for hydroxylation is 2. The van der Waals surface area contributed by atoms with Crippen LogP contribution >= 0.6 is 23.1 Å². The van der Waals surface area contributed by atoms with Crippen molar-refractivity contribution in [3.63, 3.8) is 0 Å². The lowest BCUT2D eigenvalue weighted by Gasteiger charge is -2.08. The quantitative estimate of drug-likeness (QED) is 0.598. The summed E-state index contributed by atoms with van der Waals surface area (Å²) < 4.78 is 6.19. The van der Waals surface area contributed by atoms with Crippen LogP contribution in [-0.4, -0.2) is 13.1 Å². The highest BCUT2D eigenvalue weighted by molar-refractivity contribution is 7.99. The van der Waals surface area contributed by atoms with Crippen molar-refractivity contribution in [2.45, 2.75) is 23.6 Å². The van der Waals surface area contributed by atoms with Gasteiger partial charge in [0.25, 0.3) is 0 Å². The van der Waals surface area contributed by atoms with Crippen LogP contribution in [0.5, 0.6) is 0 Å². The summed E-state index contributed by atoms with van der Waals surface area (Å²) in [5.41, 5.74) is 3.17. The van der Waals surface area contributed by atoms with Crippen molar-refractivity contribution in [2.24, 2.45) is 0 Å². The Bertz CT molecular complexity index is 849. The van der Waals surface area contributed by atoms with Crippen molar-refractivity contribution in [3.05, 3.63) is 58.5 Å². The lowest BCUT2D eigenvalue weighted by molar-refractivity contribution is 0.0597. The SMILES string of the molecule is COC(=O)c1ccccc1Sc1csc2c(C)ccc(C)c12. The van der Waals surface area contributed by atoms with E-state index < -0.39 is 0 Å². The highest BCUT2D eigenvalue weighted by Crippen LogP contribution is 2.41. The fraction of sp³-hybridized carbons (Fsp3) is 0.167. The monoisotopic (exact) mass is 328 g/mol. The van der Waals surface area contributed by atoms with E-state index in [-0.39, 0.29) is 5.97 Å². The molecule has 0 aliphatic rings. The van der Waals surface area contributed by atoms with E-state index in [0.29, 0.717) is 5.56 Å². The number of carbonyl (C=O) groups is 1. The Labute approximate surface area is 138 Å². The molecule has 1 heterocycles. The highest BCUT2D eigenvalue weighted by atomic mass is 32.2. The van der Waals surface area contributed by atoms with Gasteiger partial charge in [0, 0.05) is 25.3 Å². The summed E-state index contributed by atoms with van der Waals surface area (Å²) in [6.07, 6.45) is 0. The van der Waals surface area contributed by atoms with E-state index >= 15 is 0 Å². The Morgan fingerprint density at radius 3 is 2.55 bits per heavy atom. The van der Waals surface area contributed by atoms with Gasteiger partial charge in [0.1, 0.15) is 0 Å². The third kappa shape index (κ3) is 2.64. The Morgan fingerprint density at radius 1 is 1.05 bits per heavy atom. The molecule has 0 amide bonds. The van der Waals surface area contributed by atoms with Crippen molar-refractivity contribution >= 4 is 39.2 Å². The molecule has 0 saturated carbocycles. The number of hydrogen-bond donors (Lipinski definition) is 0. The topological polar surface area (TPSA) is 26.3 Å². The number of ether oxygens (including phenoxy) is 1. The largest absolute Gasteiger partial charge is 0.465 e. The molecule has 0 radical (unpaired) electrons. The first-order valence-electron chi connectivity index (χ1n) is 6.94. The normalized spacial score (nSPS) is 10.9. The first kappa shape index (κ1) is 15.1. The molecular formula is C18H16O2S2. The number of hydrogen-bond acceptors (Lipinski definition) is 4.